The number of likely N-dealkylation sites (tertiary alicyclic amines) is 1. The Hall–Kier alpha value is -3.02. The monoisotopic (exact) mass is 629 g/mol. The lowest BCUT2D eigenvalue weighted by atomic mass is 10.0. The van der Waals surface area contributed by atoms with Crippen LogP contribution >= 0.6 is 15.9 Å². The van der Waals surface area contributed by atoms with Crippen LogP contribution < -0.4 is 29.2 Å². The van der Waals surface area contributed by atoms with E-state index in [4.69, 9.17) is 33.7 Å². The summed E-state index contributed by atoms with van der Waals surface area (Å²) < 4.78 is 29.3. The van der Waals surface area contributed by atoms with Crippen LogP contribution in [0.25, 0.3) is 10.9 Å². The van der Waals surface area contributed by atoms with Crippen LogP contribution in [-0.2, 0) is 11.3 Å². The number of ether oxygens (including phenoxy) is 5. The number of hydrogen-bond donors (Lipinski definition) is 1. The van der Waals surface area contributed by atoms with E-state index in [1.807, 2.05) is 26.0 Å². The van der Waals surface area contributed by atoms with E-state index >= 15 is 0 Å². The maximum absolute atomic E-state index is 5.85. The molecule has 41 heavy (non-hydrogen) atoms. The van der Waals surface area contributed by atoms with E-state index in [2.05, 4.69) is 43.2 Å². The van der Waals surface area contributed by atoms with E-state index in [1.165, 1.54) is 5.56 Å². The summed E-state index contributed by atoms with van der Waals surface area (Å²) in [5.41, 5.74) is 2.01. The molecule has 2 aliphatic heterocycles. The molecule has 0 aliphatic carbocycles. The molecule has 3 heterocycles. The fraction of sp³-hybridized carbons (Fsp3) is 0.533. The second-order valence-electron chi connectivity index (χ2n) is 10.2. The van der Waals surface area contributed by atoms with Crippen molar-refractivity contribution < 1.29 is 23.7 Å². The lowest BCUT2D eigenvalue weighted by molar-refractivity contribution is 0.122. The third-order valence-electron chi connectivity index (χ3n) is 7.48. The number of piperidine rings is 1. The number of nitrogens with zero attached hydrogens (tertiary/aromatic N) is 4. The Balaban J connectivity index is 1.30. The van der Waals surface area contributed by atoms with E-state index in [1.54, 1.807) is 14.2 Å². The maximum Gasteiger partial charge on any atom is 0.225 e. The number of hydrogen-bond acceptors (Lipinski definition) is 10. The minimum absolute atomic E-state index is 0.282. The van der Waals surface area contributed by atoms with Crippen molar-refractivity contribution in [2.45, 2.75) is 39.3 Å². The van der Waals surface area contributed by atoms with Crippen LogP contribution in [0.15, 0.2) is 28.7 Å². The van der Waals surface area contributed by atoms with Crippen LogP contribution in [0.3, 0.4) is 0 Å². The van der Waals surface area contributed by atoms with E-state index in [-0.39, 0.29) is 6.04 Å². The molecule has 5 rings (SSSR count). The Kier molecular flexibility index (Phi) is 9.89. The number of anilines is 2. The van der Waals surface area contributed by atoms with Gasteiger partial charge in [0.1, 0.15) is 21.8 Å². The second kappa shape index (κ2) is 13.8. The number of rotatable bonds is 11. The van der Waals surface area contributed by atoms with Gasteiger partial charge in [-0.1, -0.05) is 0 Å². The molecule has 2 aliphatic rings. The zero-order chi connectivity index (χ0) is 28.8. The molecule has 2 fully saturated rings. The molecule has 0 unspecified atom stereocenters. The van der Waals surface area contributed by atoms with Crippen molar-refractivity contribution in [2.75, 3.05) is 77.0 Å². The first-order chi connectivity index (χ1) is 20.0. The van der Waals surface area contributed by atoms with Gasteiger partial charge in [-0.15, -0.1) is 0 Å². The van der Waals surface area contributed by atoms with Gasteiger partial charge in [0.2, 0.25) is 5.95 Å². The number of nitrogens with one attached hydrogen (secondary N) is 1. The predicted octanol–water partition coefficient (Wildman–Crippen LogP) is 5.12. The molecule has 1 N–H and O–H groups in total. The third kappa shape index (κ3) is 6.90. The minimum Gasteiger partial charge on any atom is -0.493 e. The normalized spacial score (nSPS) is 16.6. The van der Waals surface area contributed by atoms with Gasteiger partial charge >= 0.3 is 0 Å². The fourth-order valence-electron chi connectivity index (χ4n) is 5.44. The highest BCUT2D eigenvalue weighted by atomic mass is 79.9. The number of halogens is 1. The standard InChI is InChI=1S/C30H40BrN5O5/c1-5-40-26-15-20(16-27(28(26)31)41-6-2)19-35-9-7-21(8-10-35)32-30-33-23-18-25(38-4)24(37-3)17-22(23)29(34-30)36-11-13-39-14-12-36/h15-18,21H,5-14,19H2,1-4H3,(H,32,33,34). The minimum atomic E-state index is 0.282. The van der Waals surface area contributed by atoms with Crippen molar-refractivity contribution in [2.24, 2.45) is 0 Å². The summed E-state index contributed by atoms with van der Waals surface area (Å²) in [5, 5.41) is 4.58. The zero-order valence-corrected chi connectivity index (χ0v) is 26.0. The fourth-order valence-corrected chi connectivity index (χ4v) is 5.89. The van der Waals surface area contributed by atoms with Gasteiger partial charge in [-0.3, -0.25) is 4.90 Å². The van der Waals surface area contributed by atoms with Crippen molar-refractivity contribution in [3.05, 3.63) is 34.3 Å². The highest BCUT2D eigenvalue weighted by molar-refractivity contribution is 9.10. The summed E-state index contributed by atoms with van der Waals surface area (Å²) in [5.74, 6) is 4.50. The predicted molar refractivity (Wildman–Crippen MR) is 164 cm³/mol. The number of aromatic nitrogens is 2. The first-order valence-corrected chi connectivity index (χ1v) is 15.2. The molecule has 0 radical (unpaired) electrons. The number of methoxy groups -OCH3 is 2. The molecule has 3 aromatic rings. The van der Waals surface area contributed by atoms with Gasteiger partial charge in [0.05, 0.1) is 46.2 Å². The topological polar surface area (TPSA) is 90.4 Å². The summed E-state index contributed by atoms with van der Waals surface area (Å²) in [6.45, 7) is 10.9. The lowest BCUT2D eigenvalue weighted by Crippen LogP contribution is -2.39. The summed E-state index contributed by atoms with van der Waals surface area (Å²) in [6.07, 6.45) is 1.99. The van der Waals surface area contributed by atoms with Crippen LogP contribution in [0.2, 0.25) is 0 Å². The molecule has 0 spiro atoms. The molecular weight excluding hydrogens is 590 g/mol. The van der Waals surface area contributed by atoms with Crippen molar-refractivity contribution in [3.8, 4) is 23.0 Å². The van der Waals surface area contributed by atoms with Crippen LogP contribution in [0.4, 0.5) is 11.8 Å². The van der Waals surface area contributed by atoms with E-state index in [0.29, 0.717) is 43.9 Å². The Labute approximate surface area is 250 Å². The largest absolute Gasteiger partial charge is 0.493 e. The summed E-state index contributed by atoms with van der Waals surface area (Å²) in [4.78, 5) is 14.6. The highest BCUT2D eigenvalue weighted by Gasteiger charge is 2.24. The molecule has 222 valence electrons. The van der Waals surface area contributed by atoms with Gasteiger partial charge in [0, 0.05) is 50.2 Å². The molecule has 0 amide bonds. The van der Waals surface area contributed by atoms with Gasteiger partial charge < -0.3 is 33.9 Å². The van der Waals surface area contributed by atoms with Crippen LogP contribution in [0.1, 0.15) is 32.3 Å². The van der Waals surface area contributed by atoms with Crippen molar-refractivity contribution in [3.63, 3.8) is 0 Å². The molecule has 0 saturated carbocycles. The quantitative estimate of drug-likeness (QED) is 0.308. The Bertz CT molecular complexity index is 1300. The molecule has 10 nitrogen and oxygen atoms in total. The lowest BCUT2D eigenvalue weighted by Gasteiger charge is -2.33. The Morgan fingerprint density at radius 1 is 0.878 bits per heavy atom. The smallest absolute Gasteiger partial charge is 0.225 e. The molecule has 2 aromatic carbocycles. The first kappa shape index (κ1) is 29.5. The molecule has 0 atom stereocenters. The van der Waals surface area contributed by atoms with E-state index in [9.17, 15) is 0 Å². The van der Waals surface area contributed by atoms with Crippen molar-refractivity contribution in [1.82, 2.24) is 14.9 Å². The van der Waals surface area contributed by atoms with Crippen molar-refractivity contribution >= 4 is 38.6 Å². The molecule has 0 bridgehead atoms. The zero-order valence-electron chi connectivity index (χ0n) is 24.4. The summed E-state index contributed by atoms with van der Waals surface area (Å²) >= 11 is 3.64. The second-order valence-corrected chi connectivity index (χ2v) is 11.0. The average Bonchev–Trinajstić information content (AvgIpc) is 3.00. The molecule has 2 saturated heterocycles. The Morgan fingerprint density at radius 3 is 2.12 bits per heavy atom. The van der Waals surface area contributed by atoms with Gasteiger partial charge in [-0.05, 0) is 66.4 Å². The summed E-state index contributed by atoms with van der Waals surface area (Å²) in [6, 6.07) is 8.40. The van der Waals surface area contributed by atoms with Gasteiger partial charge in [0.25, 0.3) is 0 Å². The van der Waals surface area contributed by atoms with Crippen LogP contribution in [0.5, 0.6) is 23.0 Å². The highest BCUT2D eigenvalue weighted by Crippen LogP contribution is 2.38. The SMILES string of the molecule is CCOc1cc(CN2CCC(Nc3nc(N4CCOCC4)c4cc(OC)c(OC)cc4n3)CC2)cc(OCC)c1Br. The average molecular weight is 631 g/mol. The molecular formula is C30H40BrN5O5. The van der Waals surface area contributed by atoms with Crippen LogP contribution in [0, 0.1) is 0 Å². The molecule has 1 aromatic heterocycles. The van der Waals surface area contributed by atoms with Crippen LogP contribution in [-0.4, -0.2) is 87.7 Å². The van der Waals surface area contributed by atoms with Crippen molar-refractivity contribution in [1.29, 1.82) is 0 Å². The van der Waals surface area contributed by atoms with E-state index in [0.717, 1.165) is 78.3 Å². The molecule has 11 heteroatoms. The number of benzene rings is 2. The van der Waals surface area contributed by atoms with E-state index < -0.39 is 0 Å². The first-order valence-electron chi connectivity index (χ1n) is 14.4. The Morgan fingerprint density at radius 2 is 1.51 bits per heavy atom. The summed E-state index contributed by atoms with van der Waals surface area (Å²) in [7, 11) is 3.29. The number of fused-ring (bicyclic) bond motifs is 1. The van der Waals surface area contributed by atoms with Gasteiger partial charge in [0.15, 0.2) is 11.5 Å². The van der Waals surface area contributed by atoms with Gasteiger partial charge in [-0.25, -0.2) is 4.98 Å². The third-order valence-corrected chi connectivity index (χ3v) is 8.27. The number of morpholine rings is 1. The van der Waals surface area contributed by atoms with Gasteiger partial charge in [-0.2, -0.15) is 4.98 Å². The maximum atomic E-state index is 5.85.